The third-order valence-electron chi connectivity index (χ3n) is 4.47. The number of hydrogen-bond acceptors (Lipinski definition) is 4. The monoisotopic (exact) mass is 345 g/mol. The van der Waals surface area contributed by atoms with Crippen LogP contribution in [0.2, 0.25) is 0 Å². The Morgan fingerprint density at radius 3 is 2.92 bits per heavy atom. The number of piperidine rings is 1. The number of nitrogens with zero attached hydrogens (tertiary/aromatic N) is 4. The van der Waals surface area contributed by atoms with Crippen molar-refractivity contribution in [3.8, 4) is 0 Å². The van der Waals surface area contributed by atoms with Crippen molar-refractivity contribution < 1.29 is 9.18 Å². The summed E-state index contributed by atoms with van der Waals surface area (Å²) in [6.45, 7) is 5.05. The van der Waals surface area contributed by atoms with E-state index in [1.165, 1.54) is 12.1 Å². The largest absolute Gasteiger partial charge is 0.334 e. The Kier molecular flexibility index (Phi) is 5.75. The molecule has 0 unspecified atom stereocenters. The molecule has 3 rings (SSSR count). The highest BCUT2D eigenvalue weighted by atomic mass is 19.1. The molecule has 0 saturated carbocycles. The van der Waals surface area contributed by atoms with Gasteiger partial charge in [-0.05, 0) is 50.0 Å². The first-order chi connectivity index (χ1) is 12.2. The predicted octanol–water partition coefficient (Wildman–Crippen LogP) is 2.07. The van der Waals surface area contributed by atoms with Crippen molar-refractivity contribution in [1.29, 1.82) is 0 Å². The summed E-state index contributed by atoms with van der Waals surface area (Å²) in [7, 11) is 0. The number of aromatic nitrogens is 3. The first kappa shape index (κ1) is 17.5. The summed E-state index contributed by atoms with van der Waals surface area (Å²) in [5, 5.41) is 11.4. The van der Waals surface area contributed by atoms with Gasteiger partial charge in [-0.1, -0.05) is 24.3 Å². The average molecular weight is 345 g/mol. The number of rotatable bonds is 6. The van der Waals surface area contributed by atoms with Gasteiger partial charge in [-0.3, -0.25) is 4.79 Å². The van der Waals surface area contributed by atoms with Gasteiger partial charge in [0, 0.05) is 12.6 Å². The minimum absolute atomic E-state index is 0.0701. The van der Waals surface area contributed by atoms with E-state index in [1.807, 2.05) is 11.0 Å². The minimum Gasteiger partial charge on any atom is -0.334 e. The van der Waals surface area contributed by atoms with Crippen molar-refractivity contribution in [2.24, 2.45) is 0 Å². The number of hydrogen-bond donors (Lipinski definition) is 1. The Bertz CT molecular complexity index is 711. The molecular weight excluding hydrogens is 321 g/mol. The Hall–Kier alpha value is -2.28. The second-order valence-corrected chi connectivity index (χ2v) is 6.41. The van der Waals surface area contributed by atoms with Crippen LogP contribution in [0.1, 0.15) is 42.2 Å². The second-order valence-electron chi connectivity index (χ2n) is 6.41. The molecule has 0 radical (unpaired) electrons. The normalized spacial score (nSPS) is 15.3. The summed E-state index contributed by atoms with van der Waals surface area (Å²) in [5.74, 6) is -0.354. The topological polar surface area (TPSA) is 63.1 Å². The standard InChI is InChI=1S/C18H24FN5O/c1-2-10-24(16-6-8-20-9-7-16)18(25)17-13-23(22-21-17)12-14-4-3-5-15(19)11-14/h3-5,11,13,16,20H,2,6-10,12H2,1H3. The molecule has 0 aliphatic carbocycles. The maximum Gasteiger partial charge on any atom is 0.276 e. The van der Waals surface area contributed by atoms with E-state index in [-0.39, 0.29) is 17.8 Å². The van der Waals surface area contributed by atoms with Crippen LogP contribution in [-0.4, -0.2) is 51.5 Å². The number of nitrogens with one attached hydrogen (secondary N) is 1. The van der Waals surface area contributed by atoms with Crippen LogP contribution in [-0.2, 0) is 6.54 Å². The molecule has 2 heterocycles. The smallest absolute Gasteiger partial charge is 0.276 e. The van der Waals surface area contributed by atoms with Gasteiger partial charge in [0.25, 0.3) is 5.91 Å². The van der Waals surface area contributed by atoms with Gasteiger partial charge in [-0.25, -0.2) is 9.07 Å². The maximum absolute atomic E-state index is 13.3. The summed E-state index contributed by atoms with van der Waals surface area (Å²) in [5.41, 5.74) is 1.14. The molecule has 0 spiro atoms. The van der Waals surface area contributed by atoms with Crippen molar-refractivity contribution in [3.63, 3.8) is 0 Å². The lowest BCUT2D eigenvalue weighted by Crippen LogP contribution is -2.46. The number of carbonyl (C=O) groups is 1. The molecule has 6 nitrogen and oxygen atoms in total. The third kappa shape index (κ3) is 4.42. The highest BCUT2D eigenvalue weighted by molar-refractivity contribution is 5.92. The molecule has 0 atom stereocenters. The number of benzene rings is 1. The SMILES string of the molecule is CCCN(C(=O)c1cn(Cc2cccc(F)c2)nn1)C1CCNCC1. The van der Waals surface area contributed by atoms with E-state index in [4.69, 9.17) is 0 Å². The molecular formula is C18H24FN5O. The summed E-state index contributed by atoms with van der Waals surface area (Å²) >= 11 is 0. The zero-order chi connectivity index (χ0) is 17.6. The van der Waals surface area contributed by atoms with Crippen molar-refractivity contribution in [2.45, 2.75) is 38.8 Å². The molecule has 0 bridgehead atoms. The van der Waals surface area contributed by atoms with Crippen molar-refractivity contribution in [1.82, 2.24) is 25.2 Å². The maximum atomic E-state index is 13.3. The first-order valence-corrected chi connectivity index (χ1v) is 8.83. The average Bonchev–Trinajstić information content (AvgIpc) is 3.08. The first-order valence-electron chi connectivity index (χ1n) is 8.83. The van der Waals surface area contributed by atoms with Gasteiger partial charge in [0.1, 0.15) is 5.82 Å². The number of amides is 1. The zero-order valence-electron chi connectivity index (χ0n) is 14.5. The van der Waals surface area contributed by atoms with Gasteiger partial charge in [0.05, 0.1) is 12.7 Å². The van der Waals surface area contributed by atoms with E-state index in [1.54, 1.807) is 16.9 Å². The van der Waals surface area contributed by atoms with Crippen molar-refractivity contribution in [2.75, 3.05) is 19.6 Å². The molecule has 1 N–H and O–H groups in total. The van der Waals surface area contributed by atoms with Crippen LogP contribution in [0.3, 0.4) is 0 Å². The number of halogens is 1. The molecule has 2 aromatic rings. The molecule has 7 heteroatoms. The second kappa shape index (κ2) is 8.20. The van der Waals surface area contributed by atoms with Gasteiger partial charge >= 0.3 is 0 Å². The Morgan fingerprint density at radius 1 is 1.40 bits per heavy atom. The van der Waals surface area contributed by atoms with Crippen LogP contribution in [0.25, 0.3) is 0 Å². The van der Waals surface area contributed by atoms with Crippen LogP contribution in [0.4, 0.5) is 4.39 Å². The molecule has 1 aliphatic rings. The molecule has 25 heavy (non-hydrogen) atoms. The zero-order valence-corrected chi connectivity index (χ0v) is 14.5. The lowest BCUT2D eigenvalue weighted by molar-refractivity contribution is 0.0636. The van der Waals surface area contributed by atoms with E-state index >= 15 is 0 Å². The number of carbonyl (C=O) groups excluding carboxylic acids is 1. The summed E-state index contributed by atoms with van der Waals surface area (Å²) in [6, 6.07) is 6.60. The van der Waals surface area contributed by atoms with Crippen LogP contribution < -0.4 is 5.32 Å². The van der Waals surface area contributed by atoms with Gasteiger partial charge < -0.3 is 10.2 Å². The molecule has 1 aromatic carbocycles. The predicted molar refractivity (Wildman–Crippen MR) is 92.7 cm³/mol. The van der Waals surface area contributed by atoms with Gasteiger partial charge in [-0.15, -0.1) is 5.10 Å². The molecule has 1 aliphatic heterocycles. The fourth-order valence-corrected chi connectivity index (χ4v) is 3.25. The highest BCUT2D eigenvalue weighted by Gasteiger charge is 2.27. The lowest BCUT2D eigenvalue weighted by Gasteiger charge is -2.34. The third-order valence-corrected chi connectivity index (χ3v) is 4.47. The van der Waals surface area contributed by atoms with Crippen molar-refractivity contribution >= 4 is 5.91 Å². The molecule has 1 amide bonds. The quantitative estimate of drug-likeness (QED) is 0.871. The van der Waals surface area contributed by atoms with Crippen LogP contribution in [0.15, 0.2) is 30.5 Å². The summed E-state index contributed by atoms with van der Waals surface area (Å²) in [4.78, 5) is 14.8. The van der Waals surface area contributed by atoms with E-state index in [0.717, 1.165) is 44.5 Å². The van der Waals surface area contributed by atoms with E-state index < -0.39 is 0 Å². The van der Waals surface area contributed by atoms with E-state index in [9.17, 15) is 9.18 Å². The summed E-state index contributed by atoms with van der Waals surface area (Å²) in [6.07, 6.45) is 4.48. The molecule has 1 aromatic heterocycles. The highest BCUT2D eigenvalue weighted by Crippen LogP contribution is 2.15. The minimum atomic E-state index is -0.283. The molecule has 134 valence electrons. The van der Waals surface area contributed by atoms with Crippen LogP contribution >= 0.6 is 0 Å². The van der Waals surface area contributed by atoms with Gasteiger partial charge in [-0.2, -0.15) is 0 Å². The Balaban J connectivity index is 1.71. The lowest BCUT2D eigenvalue weighted by atomic mass is 10.0. The Labute approximate surface area is 147 Å². The summed E-state index contributed by atoms with van der Waals surface area (Å²) < 4.78 is 14.9. The van der Waals surface area contributed by atoms with E-state index in [0.29, 0.717) is 12.2 Å². The van der Waals surface area contributed by atoms with Crippen LogP contribution in [0.5, 0.6) is 0 Å². The fraction of sp³-hybridized carbons (Fsp3) is 0.500. The fourth-order valence-electron chi connectivity index (χ4n) is 3.25. The van der Waals surface area contributed by atoms with E-state index in [2.05, 4.69) is 22.6 Å². The van der Waals surface area contributed by atoms with Gasteiger partial charge in [0.15, 0.2) is 5.69 Å². The Morgan fingerprint density at radius 2 is 2.20 bits per heavy atom. The van der Waals surface area contributed by atoms with Crippen molar-refractivity contribution in [3.05, 3.63) is 47.5 Å². The van der Waals surface area contributed by atoms with Crippen LogP contribution in [0, 0.1) is 5.82 Å². The molecule has 1 saturated heterocycles. The van der Waals surface area contributed by atoms with Gasteiger partial charge in [0.2, 0.25) is 0 Å². The molecule has 1 fully saturated rings.